The van der Waals surface area contributed by atoms with Gasteiger partial charge in [-0.05, 0) is 23.5 Å². The molecule has 0 N–H and O–H groups in total. The molecule has 1 heteroatoms. The SMILES string of the molecule is CC(C)C=Nc1ccccc1C(C)C. The Labute approximate surface area is 86.9 Å². The minimum atomic E-state index is 0.509. The molecule has 0 aliphatic rings. The molecule has 0 saturated heterocycles. The number of hydrogen-bond acceptors (Lipinski definition) is 1. The monoisotopic (exact) mass is 189 g/mol. The number of aliphatic imine (C=N–C) groups is 1. The third-order valence-corrected chi connectivity index (χ3v) is 2.07. The summed E-state index contributed by atoms with van der Waals surface area (Å²) in [6.45, 7) is 8.68. The van der Waals surface area contributed by atoms with Gasteiger partial charge >= 0.3 is 0 Å². The molecule has 14 heavy (non-hydrogen) atoms. The van der Waals surface area contributed by atoms with Crippen molar-refractivity contribution in [3.8, 4) is 0 Å². The van der Waals surface area contributed by atoms with E-state index in [1.165, 1.54) is 5.56 Å². The molecule has 0 aliphatic heterocycles. The average molecular weight is 189 g/mol. The van der Waals surface area contributed by atoms with Crippen molar-refractivity contribution in [1.29, 1.82) is 0 Å². The molecule has 1 nitrogen and oxygen atoms in total. The van der Waals surface area contributed by atoms with Crippen molar-refractivity contribution < 1.29 is 0 Å². The van der Waals surface area contributed by atoms with E-state index in [0.717, 1.165) is 5.69 Å². The van der Waals surface area contributed by atoms with E-state index in [1.54, 1.807) is 0 Å². The molecule has 1 rings (SSSR count). The molecule has 0 saturated carbocycles. The van der Waals surface area contributed by atoms with Gasteiger partial charge < -0.3 is 0 Å². The predicted octanol–water partition coefficient (Wildman–Crippen LogP) is 4.17. The van der Waals surface area contributed by atoms with Crippen LogP contribution in [0.15, 0.2) is 29.3 Å². The number of hydrogen-bond donors (Lipinski definition) is 0. The van der Waals surface area contributed by atoms with Crippen LogP contribution in [0, 0.1) is 5.92 Å². The Balaban J connectivity index is 2.96. The molecule has 0 fully saturated rings. The van der Waals surface area contributed by atoms with Crippen molar-refractivity contribution in [3.05, 3.63) is 29.8 Å². The van der Waals surface area contributed by atoms with Gasteiger partial charge in [-0.2, -0.15) is 0 Å². The fraction of sp³-hybridized carbons (Fsp3) is 0.462. The van der Waals surface area contributed by atoms with Crippen molar-refractivity contribution in [2.75, 3.05) is 0 Å². The summed E-state index contributed by atoms with van der Waals surface area (Å²) in [5.74, 6) is 1.05. The van der Waals surface area contributed by atoms with E-state index >= 15 is 0 Å². The van der Waals surface area contributed by atoms with Crippen LogP contribution in [0.3, 0.4) is 0 Å². The third kappa shape index (κ3) is 2.99. The summed E-state index contributed by atoms with van der Waals surface area (Å²) in [6.07, 6.45) is 2.00. The summed E-state index contributed by atoms with van der Waals surface area (Å²) >= 11 is 0. The number of nitrogens with zero attached hydrogens (tertiary/aromatic N) is 1. The van der Waals surface area contributed by atoms with Crippen LogP contribution < -0.4 is 0 Å². The summed E-state index contributed by atoms with van der Waals surface area (Å²) in [4.78, 5) is 4.50. The molecule has 0 bridgehead atoms. The fourth-order valence-corrected chi connectivity index (χ4v) is 1.32. The Morgan fingerprint density at radius 2 is 1.71 bits per heavy atom. The lowest BCUT2D eigenvalue weighted by Gasteiger charge is -2.08. The van der Waals surface area contributed by atoms with Gasteiger partial charge in [0.05, 0.1) is 5.69 Å². The van der Waals surface area contributed by atoms with Crippen LogP contribution in [-0.4, -0.2) is 6.21 Å². The van der Waals surface area contributed by atoms with E-state index in [9.17, 15) is 0 Å². The summed E-state index contributed by atoms with van der Waals surface area (Å²) in [5.41, 5.74) is 2.43. The zero-order valence-corrected chi connectivity index (χ0v) is 9.49. The van der Waals surface area contributed by atoms with Crippen LogP contribution >= 0.6 is 0 Å². The van der Waals surface area contributed by atoms with Crippen LogP contribution in [-0.2, 0) is 0 Å². The first-order valence-corrected chi connectivity index (χ1v) is 5.24. The van der Waals surface area contributed by atoms with Crippen molar-refractivity contribution in [2.45, 2.75) is 33.6 Å². The zero-order valence-electron chi connectivity index (χ0n) is 9.49. The van der Waals surface area contributed by atoms with Crippen LogP contribution in [0.1, 0.15) is 39.2 Å². The average Bonchev–Trinajstić information content (AvgIpc) is 2.15. The molecule has 76 valence electrons. The summed E-state index contributed by atoms with van der Waals surface area (Å²) < 4.78 is 0. The first-order valence-electron chi connectivity index (χ1n) is 5.24. The maximum absolute atomic E-state index is 4.50. The van der Waals surface area contributed by atoms with Crippen LogP contribution in [0.2, 0.25) is 0 Å². The molecular weight excluding hydrogens is 170 g/mol. The highest BCUT2D eigenvalue weighted by Gasteiger charge is 2.03. The molecule has 0 atom stereocenters. The highest BCUT2D eigenvalue weighted by atomic mass is 14.7. The maximum atomic E-state index is 4.50. The van der Waals surface area contributed by atoms with Gasteiger partial charge in [-0.25, -0.2) is 0 Å². The Kier molecular flexibility index (Phi) is 3.87. The maximum Gasteiger partial charge on any atom is 0.0660 e. The van der Waals surface area contributed by atoms with Gasteiger partial charge in [0.25, 0.3) is 0 Å². The van der Waals surface area contributed by atoms with E-state index in [-0.39, 0.29) is 0 Å². The number of benzene rings is 1. The Bertz CT molecular complexity index is 311. The second-order valence-electron chi connectivity index (χ2n) is 4.24. The van der Waals surface area contributed by atoms with E-state index < -0.39 is 0 Å². The van der Waals surface area contributed by atoms with Gasteiger partial charge in [0.15, 0.2) is 0 Å². The highest BCUT2D eigenvalue weighted by Crippen LogP contribution is 2.25. The van der Waals surface area contributed by atoms with Crippen LogP contribution in [0.4, 0.5) is 5.69 Å². The Morgan fingerprint density at radius 1 is 1.07 bits per heavy atom. The number of para-hydroxylation sites is 1. The van der Waals surface area contributed by atoms with Crippen LogP contribution in [0.25, 0.3) is 0 Å². The van der Waals surface area contributed by atoms with E-state index in [1.807, 2.05) is 12.3 Å². The lowest BCUT2D eigenvalue weighted by molar-refractivity contribution is 0.864. The normalized spacial score (nSPS) is 11.9. The first kappa shape index (κ1) is 11.0. The lowest BCUT2D eigenvalue weighted by atomic mass is 10.0. The quantitative estimate of drug-likeness (QED) is 0.633. The molecule has 0 radical (unpaired) electrons. The topological polar surface area (TPSA) is 12.4 Å². The standard InChI is InChI=1S/C13H19N/c1-10(2)9-14-13-8-6-5-7-12(13)11(3)4/h5-11H,1-4H3. The van der Waals surface area contributed by atoms with Crippen LogP contribution in [0.5, 0.6) is 0 Å². The van der Waals surface area contributed by atoms with E-state index in [4.69, 9.17) is 0 Å². The Morgan fingerprint density at radius 3 is 2.29 bits per heavy atom. The van der Waals surface area contributed by atoms with Crippen molar-refractivity contribution >= 4 is 11.9 Å². The van der Waals surface area contributed by atoms with Gasteiger partial charge in [-0.3, -0.25) is 4.99 Å². The highest BCUT2D eigenvalue weighted by molar-refractivity contribution is 5.66. The molecule has 1 aromatic carbocycles. The summed E-state index contributed by atoms with van der Waals surface area (Å²) in [6, 6.07) is 8.34. The summed E-state index contributed by atoms with van der Waals surface area (Å²) in [7, 11) is 0. The summed E-state index contributed by atoms with van der Waals surface area (Å²) in [5, 5.41) is 0. The van der Waals surface area contributed by atoms with Gasteiger partial charge in [0.1, 0.15) is 0 Å². The number of rotatable bonds is 3. The molecule has 0 spiro atoms. The third-order valence-electron chi connectivity index (χ3n) is 2.07. The van der Waals surface area contributed by atoms with E-state index in [0.29, 0.717) is 11.8 Å². The Hall–Kier alpha value is -1.11. The smallest absolute Gasteiger partial charge is 0.0660 e. The molecule has 1 aromatic rings. The molecule has 0 aromatic heterocycles. The minimum Gasteiger partial charge on any atom is -0.261 e. The van der Waals surface area contributed by atoms with E-state index in [2.05, 4.69) is 50.9 Å². The second kappa shape index (κ2) is 4.94. The molecule has 0 amide bonds. The minimum absolute atomic E-state index is 0.509. The fourth-order valence-electron chi connectivity index (χ4n) is 1.32. The molecule has 0 heterocycles. The molecule has 0 unspecified atom stereocenters. The largest absolute Gasteiger partial charge is 0.261 e. The van der Waals surface area contributed by atoms with Gasteiger partial charge in [-0.1, -0.05) is 45.9 Å². The van der Waals surface area contributed by atoms with Crippen molar-refractivity contribution in [2.24, 2.45) is 10.9 Å². The van der Waals surface area contributed by atoms with Gasteiger partial charge in [0, 0.05) is 6.21 Å². The van der Waals surface area contributed by atoms with Gasteiger partial charge in [-0.15, -0.1) is 0 Å². The second-order valence-corrected chi connectivity index (χ2v) is 4.24. The zero-order chi connectivity index (χ0) is 10.6. The van der Waals surface area contributed by atoms with Gasteiger partial charge in [0.2, 0.25) is 0 Å². The van der Waals surface area contributed by atoms with Crippen molar-refractivity contribution in [3.63, 3.8) is 0 Å². The molecular formula is C13H19N. The first-order chi connectivity index (χ1) is 6.61. The van der Waals surface area contributed by atoms with Crippen molar-refractivity contribution in [1.82, 2.24) is 0 Å². The lowest BCUT2D eigenvalue weighted by Crippen LogP contribution is -1.90. The predicted molar refractivity (Wildman–Crippen MR) is 63.5 cm³/mol. The molecule has 0 aliphatic carbocycles.